The van der Waals surface area contributed by atoms with Gasteiger partial charge in [0.25, 0.3) is 5.91 Å². The zero-order valence-electron chi connectivity index (χ0n) is 19.5. The topological polar surface area (TPSA) is 70.7 Å². The Morgan fingerprint density at radius 2 is 1.49 bits per heavy atom. The van der Waals surface area contributed by atoms with Crippen LogP contribution in [-0.4, -0.2) is 49.6 Å². The van der Waals surface area contributed by atoms with Gasteiger partial charge in [-0.05, 0) is 35.4 Å². The number of hydrogen-bond acceptors (Lipinski definition) is 4. The van der Waals surface area contributed by atoms with Gasteiger partial charge in [0, 0.05) is 25.2 Å². The Hall–Kier alpha value is -3.55. The summed E-state index contributed by atoms with van der Waals surface area (Å²) in [6.07, 6.45) is 0.0990. The number of morpholine rings is 1. The van der Waals surface area contributed by atoms with Crippen LogP contribution in [0.2, 0.25) is 0 Å². The predicted octanol–water partition coefficient (Wildman–Crippen LogP) is 3.88. The molecular formula is C28H30FN3O3. The fraction of sp³-hybridized carbons (Fsp3) is 0.286. The molecule has 0 radical (unpaired) electrons. The molecule has 0 saturated carbocycles. The maximum Gasteiger partial charge on any atom is 0.251 e. The normalized spacial score (nSPS) is 15.7. The molecule has 7 heteroatoms. The second kappa shape index (κ2) is 12.2. The minimum atomic E-state index is -0.475. The van der Waals surface area contributed by atoms with Gasteiger partial charge in [-0.15, -0.1) is 0 Å². The van der Waals surface area contributed by atoms with Gasteiger partial charge < -0.3 is 15.4 Å². The van der Waals surface area contributed by atoms with Gasteiger partial charge >= 0.3 is 0 Å². The second-order valence-corrected chi connectivity index (χ2v) is 8.53. The first-order chi connectivity index (χ1) is 17.1. The van der Waals surface area contributed by atoms with E-state index in [9.17, 15) is 14.0 Å². The van der Waals surface area contributed by atoms with Crippen molar-refractivity contribution in [1.29, 1.82) is 0 Å². The van der Waals surface area contributed by atoms with E-state index in [0.29, 0.717) is 25.3 Å². The highest BCUT2D eigenvalue weighted by Crippen LogP contribution is 2.23. The fourth-order valence-electron chi connectivity index (χ4n) is 4.27. The van der Waals surface area contributed by atoms with Gasteiger partial charge in [-0.25, -0.2) is 4.39 Å². The Balaban J connectivity index is 1.44. The van der Waals surface area contributed by atoms with E-state index >= 15 is 0 Å². The monoisotopic (exact) mass is 475 g/mol. The Morgan fingerprint density at radius 3 is 2.14 bits per heavy atom. The average Bonchev–Trinajstić information content (AvgIpc) is 2.91. The van der Waals surface area contributed by atoms with Gasteiger partial charge in [0.05, 0.1) is 31.7 Å². The van der Waals surface area contributed by atoms with Crippen LogP contribution in [0, 0.1) is 5.82 Å². The van der Waals surface area contributed by atoms with Crippen molar-refractivity contribution in [1.82, 2.24) is 15.5 Å². The SMILES string of the molecule is O=C(CC(NC(=O)c1ccccc1)c1ccccc1)NCC(c1ccc(F)cc1)N1CCOCC1. The first-order valence-corrected chi connectivity index (χ1v) is 11.8. The highest BCUT2D eigenvalue weighted by atomic mass is 19.1. The molecule has 3 aromatic rings. The number of amides is 2. The van der Waals surface area contributed by atoms with Crippen molar-refractivity contribution in [3.63, 3.8) is 0 Å². The average molecular weight is 476 g/mol. The molecule has 2 unspecified atom stereocenters. The Kier molecular flexibility index (Phi) is 8.59. The summed E-state index contributed by atoms with van der Waals surface area (Å²) in [4.78, 5) is 28.1. The largest absolute Gasteiger partial charge is 0.379 e. The van der Waals surface area contributed by atoms with E-state index in [1.807, 2.05) is 36.4 Å². The van der Waals surface area contributed by atoms with Crippen molar-refractivity contribution < 1.29 is 18.7 Å². The van der Waals surface area contributed by atoms with Crippen LogP contribution < -0.4 is 10.6 Å². The summed E-state index contributed by atoms with van der Waals surface area (Å²) in [6, 6.07) is 24.2. The van der Waals surface area contributed by atoms with Crippen LogP contribution in [0.25, 0.3) is 0 Å². The van der Waals surface area contributed by atoms with Crippen molar-refractivity contribution in [3.05, 3.63) is 107 Å². The van der Waals surface area contributed by atoms with E-state index in [4.69, 9.17) is 4.74 Å². The molecule has 2 atom stereocenters. The minimum Gasteiger partial charge on any atom is -0.379 e. The Labute approximate surface area is 205 Å². The van der Waals surface area contributed by atoms with Crippen LogP contribution in [0.3, 0.4) is 0 Å². The van der Waals surface area contributed by atoms with E-state index in [0.717, 1.165) is 24.2 Å². The molecule has 1 saturated heterocycles. The van der Waals surface area contributed by atoms with E-state index < -0.39 is 6.04 Å². The van der Waals surface area contributed by atoms with Crippen molar-refractivity contribution >= 4 is 11.8 Å². The van der Waals surface area contributed by atoms with Crippen LogP contribution in [-0.2, 0) is 9.53 Å². The van der Waals surface area contributed by atoms with Crippen LogP contribution in [0.5, 0.6) is 0 Å². The lowest BCUT2D eigenvalue weighted by Gasteiger charge is -2.35. The standard InChI is InChI=1S/C28H30FN3O3/c29-24-13-11-22(12-14-24)26(32-15-17-35-18-16-32)20-30-27(33)19-25(21-7-3-1-4-8-21)31-28(34)23-9-5-2-6-10-23/h1-14,25-26H,15-20H2,(H,30,33)(H,31,34). The number of nitrogens with zero attached hydrogens (tertiary/aromatic N) is 1. The van der Waals surface area contributed by atoms with Crippen molar-refractivity contribution in [2.45, 2.75) is 18.5 Å². The molecule has 1 heterocycles. The molecule has 0 aromatic heterocycles. The van der Waals surface area contributed by atoms with Gasteiger partial charge in [0.1, 0.15) is 5.82 Å². The lowest BCUT2D eigenvalue weighted by atomic mass is 10.0. The zero-order chi connectivity index (χ0) is 24.5. The lowest BCUT2D eigenvalue weighted by Crippen LogP contribution is -2.44. The molecule has 0 bridgehead atoms. The molecule has 1 aliphatic heterocycles. The molecule has 2 N–H and O–H groups in total. The molecule has 6 nitrogen and oxygen atoms in total. The van der Waals surface area contributed by atoms with Crippen molar-refractivity contribution in [3.8, 4) is 0 Å². The molecule has 3 aromatic carbocycles. The lowest BCUT2D eigenvalue weighted by molar-refractivity contribution is -0.121. The Morgan fingerprint density at radius 1 is 0.857 bits per heavy atom. The molecule has 0 aliphatic carbocycles. The number of rotatable bonds is 9. The first-order valence-electron chi connectivity index (χ1n) is 11.8. The first kappa shape index (κ1) is 24.6. The number of benzene rings is 3. The molecule has 182 valence electrons. The zero-order valence-corrected chi connectivity index (χ0v) is 19.5. The van der Waals surface area contributed by atoms with E-state index in [1.54, 1.807) is 36.4 Å². The van der Waals surface area contributed by atoms with Crippen molar-refractivity contribution in [2.75, 3.05) is 32.8 Å². The number of carbonyl (C=O) groups is 2. The third-order valence-electron chi connectivity index (χ3n) is 6.17. The third-order valence-corrected chi connectivity index (χ3v) is 6.17. The van der Waals surface area contributed by atoms with Crippen LogP contribution in [0.15, 0.2) is 84.9 Å². The highest BCUT2D eigenvalue weighted by Gasteiger charge is 2.25. The minimum absolute atomic E-state index is 0.0990. The van der Waals surface area contributed by atoms with Gasteiger partial charge in [0.15, 0.2) is 0 Å². The van der Waals surface area contributed by atoms with E-state index in [-0.39, 0.29) is 30.1 Å². The van der Waals surface area contributed by atoms with Crippen LogP contribution in [0.1, 0.15) is 40.0 Å². The van der Waals surface area contributed by atoms with Gasteiger partial charge in [0.2, 0.25) is 5.91 Å². The fourth-order valence-corrected chi connectivity index (χ4v) is 4.27. The number of halogens is 1. The van der Waals surface area contributed by atoms with Crippen molar-refractivity contribution in [2.24, 2.45) is 0 Å². The smallest absolute Gasteiger partial charge is 0.251 e. The second-order valence-electron chi connectivity index (χ2n) is 8.53. The number of ether oxygens (including phenoxy) is 1. The molecule has 2 amide bonds. The molecular weight excluding hydrogens is 445 g/mol. The summed E-state index contributed by atoms with van der Waals surface area (Å²) in [5.41, 5.74) is 2.33. The predicted molar refractivity (Wildman–Crippen MR) is 132 cm³/mol. The summed E-state index contributed by atoms with van der Waals surface area (Å²) in [5, 5.41) is 6.04. The number of nitrogens with one attached hydrogen (secondary N) is 2. The number of carbonyl (C=O) groups excluding carboxylic acids is 2. The molecule has 1 fully saturated rings. The molecule has 35 heavy (non-hydrogen) atoms. The molecule has 0 spiro atoms. The van der Waals surface area contributed by atoms with E-state index in [2.05, 4.69) is 15.5 Å². The molecule has 1 aliphatic rings. The maximum atomic E-state index is 13.5. The maximum absolute atomic E-state index is 13.5. The van der Waals surface area contributed by atoms with Crippen LogP contribution in [0.4, 0.5) is 4.39 Å². The summed E-state index contributed by atoms with van der Waals surface area (Å²) in [7, 11) is 0. The van der Waals surface area contributed by atoms with Crippen LogP contribution >= 0.6 is 0 Å². The van der Waals surface area contributed by atoms with E-state index in [1.165, 1.54) is 12.1 Å². The summed E-state index contributed by atoms with van der Waals surface area (Å²) in [5.74, 6) is -0.698. The summed E-state index contributed by atoms with van der Waals surface area (Å²) in [6.45, 7) is 3.08. The summed E-state index contributed by atoms with van der Waals surface area (Å²) >= 11 is 0. The number of hydrogen-bond donors (Lipinski definition) is 2. The van der Waals surface area contributed by atoms with Gasteiger partial charge in [-0.1, -0.05) is 60.7 Å². The van der Waals surface area contributed by atoms with Gasteiger partial charge in [-0.3, -0.25) is 14.5 Å². The molecule has 4 rings (SSSR count). The Bertz CT molecular complexity index is 1090. The quantitative estimate of drug-likeness (QED) is 0.493. The third kappa shape index (κ3) is 6.97. The highest BCUT2D eigenvalue weighted by molar-refractivity contribution is 5.94. The summed E-state index contributed by atoms with van der Waals surface area (Å²) < 4.78 is 19.0. The van der Waals surface area contributed by atoms with Gasteiger partial charge in [-0.2, -0.15) is 0 Å².